The van der Waals surface area contributed by atoms with Crippen LogP contribution in [0, 0.1) is 0 Å². The van der Waals surface area contributed by atoms with E-state index in [2.05, 4.69) is 9.97 Å². The average Bonchev–Trinajstić information content (AvgIpc) is 3.29. The molecule has 2 aromatic carbocycles. The summed E-state index contributed by atoms with van der Waals surface area (Å²) in [6.45, 7) is -0.216. The van der Waals surface area contributed by atoms with Crippen molar-refractivity contribution < 1.29 is 24.2 Å². The first-order valence-corrected chi connectivity index (χ1v) is 11.4. The molecule has 0 amide bonds. The van der Waals surface area contributed by atoms with E-state index in [-0.39, 0.29) is 31.2 Å². The Morgan fingerprint density at radius 3 is 2.65 bits per heavy atom. The number of ketones is 1. The van der Waals surface area contributed by atoms with Crippen molar-refractivity contribution in [2.75, 3.05) is 7.11 Å². The highest BCUT2D eigenvalue weighted by atomic mass is 32.1. The first-order chi connectivity index (χ1) is 16.5. The van der Waals surface area contributed by atoms with Crippen LogP contribution in [-0.2, 0) is 24.4 Å². The lowest BCUT2D eigenvalue weighted by molar-refractivity contribution is 0.0474. The van der Waals surface area contributed by atoms with Crippen LogP contribution in [0.15, 0.2) is 58.7 Å². The fourth-order valence-corrected chi connectivity index (χ4v) is 4.35. The average molecular weight is 479 g/mol. The van der Waals surface area contributed by atoms with Crippen molar-refractivity contribution >= 4 is 33.3 Å². The molecule has 2 heterocycles. The molecular formula is C25H22N2O6S. The Labute approximate surface area is 198 Å². The van der Waals surface area contributed by atoms with Crippen LogP contribution in [0.4, 0.5) is 0 Å². The highest BCUT2D eigenvalue weighted by Gasteiger charge is 2.17. The molecule has 0 aliphatic heterocycles. The molecule has 4 aromatic rings. The number of H-pyrrole nitrogens is 1. The summed E-state index contributed by atoms with van der Waals surface area (Å²) in [5, 5.41) is 11.1. The molecule has 0 aliphatic rings. The van der Waals surface area contributed by atoms with Crippen molar-refractivity contribution in [2.24, 2.45) is 0 Å². The van der Waals surface area contributed by atoms with Gasteiger partial charge in [-0.05, 0) is 41.8 Å². The number of rotatable bonds is 9. The number of aliphatic hydroxyl groups is 1. The molecule has 2 N–H and O–H groups in total. The molecule has 0 radical (unpaired) electrons. The van der Waals surface area contributed by atoms with Gasteiger partial charge in [-0.1, -0.05) is 24.3 Å². The zero-order valence-corrected chi connectivity index (χ0v) is 19.2. The molecule has 0 bridgehead atoms. The van der Waals surface area contributed by atoms with Crippen LogP contribution in [-0.4, -0.2) is 33.9 Å². The van der Waals surface area contributed by atoms with E-state index in [1.807, 2.05) is 24.3 Å². The number of aromatic amines is 1. The number of fused-ring (bicyclic) bond motifs is 1. The van der Waals surface area contributed by atoms with E-state index < -0.39 is 11.5 Å². The summed E-state index contributed by atoms with van der Waals surface area (Å²) in [5.41, 5.74) is 2.04. The van der Waals surface area contributed by atoms with Crippen molar-refractivity contribution in [1.29, 1.82) is 0 Å². The van der Waals surface area contributed by atoms with Gasteiger partial charge in [0.15, 0.2) is 11.6 Å². The molecule has 0 aliphatic carbocycles. The van der Waals surface area contributed by atoms with Crippen LogP contribution in [0.1, 0.15) is 44.1 Å². The number of ether oxygens (including phenoxy) is 2. The Hall–Kier alpha value is -3.82. The molecule has 9 heteroatoms. The zero-order valence-electron chi connectivity index (χ0n) is 18.4. The molecule has 0 saturated heterocycles. The molecule has 0 atom stereocenters. The van der Waals surface area contributed by atoms with Gasteiger partial charge in [-0.3, -0.25) is 9.59 Å². The Balaban J connectivity index is 1.44. The number of methoxy groups -OCH3 is 1. The topological polar surface area (TPSA) is 119 Å². The van der Waals surface area contributed by atoms with Crippen LogP contribution >= 0.6 is 11.3 Å². The number of benzene rings is 2. The number of hydrogen-bond acceptors (Lipinski definition) is 8. The highest BCUT2D eigenvalue weighted by molar-refractivity contribution is 7.16. The summed E-state index contributed by atoms with van der Waals surface area (Å²) in [6.07, 6.45) is 0.676. The Kier molecular flexibility index (Phi) is 7.15. The second-order valence-electron chi connectivity index (χ2n) is 7.56. The minimum Gasteiger partial charge on any atom is -0.497 e. The normalized spacial score (nSPS) is 10.9. The maximum Gasteiger partial charge on any atom is 0.338 e. The van der Waals surface area contributed by atoms with E-state index >= 15 is 0 Å². The van der Waals surface area contributed by atoms with Crippen molar-refractivity contribution in [1.82, 2.24) is 9.97 Å². The van der Waals surface area contributed by atoms with Gasteiger partial charge in [-0.15, -0.1) is 11.3 Å². The van der Waals surface area contributed by atoms with Gasteiger partial charge < -0.3 is 19.6 Å². The molecule has 8 nitrogen and oxygen atoms in total. The second-order valence-corrected chi connectivity index (χ2v) is 8.42. The quantitative estimate of drug-likeness (QED) is 0.278. The lowest BCUT2D eigenvalue weighted by Crippen LogP contribution is -2.16. The van der Waals surface area contributed by atoms with Crippen molar-refractivity contribution in [3.05, 3.63) is 92.3 Å². The first-order valence-electron chi connectivity index (χ1n) is 10.5. The second kappa shape index (κ2) is 10.4. The molecule has 0 unspecified atom stereocenters. The van der Waals surface area contributed by atoms with Crippen LogP contribution in [0.5, 0.6) is 5.75 Å². The molecule has 34 heavy (non-hydrogen) atoms. The first kappa shape index (κ1) is 23.3. The number of nitrogens with zero attached hydrogens (tertiary/aromatic N) is 1. The third-order valence-electron chi connectivity index (χ3n) is 5.29. The summed E-state index contributed by atoms with van der Waals surface area (Å²) in [6, 6.07) is 13.9. The predicted molar refractivity (Wildman–Crippen MR) is 127 cm³/mol. The minimum absolute atomic E-state index is 0.00904. The summed E-state index contributed by atoms with van der Waals surface area (Å²) < 4.78 is 10.5. The number of hydrogen-bond donors (Lipinski definition) is 2. The smallest absolute Gasteiger partial charge is 0.338 e. The lowest BCUT2D eigenvalue weighted by atomic mass is 10.1. The van der Waals surface area contributed by atoms with Gasteiger partial charge in [0, 0.05) is 17.4 Å². The van der Waals surface area contributed by atoms with Crippen LogP contribution in [0.25, 0.3) is 10.2 Å². The summed E-state index contributed by atoms with van der Waals surface area (Å²) in [7, 11) is 1.58. The highest BCUT2D eigenvalue weighted by Crippen LogP contribution is 2.23. The van der Waals surface area contributed by atoms with Gasteiger partial charge in [-0.2, -0.15) is 0 Å². The fourth-order valence-electron chi connectivity index (χ4n) is 3.42. The zero-order chi connectivity index (χ0) is 24.1. The van der Waals surface area contributed by atoms with Crippen LogP contribution in [0.3, 0.4) is 0 Å². The van der Waals surface area contributed by atoms with Crippen molar-refractivity contribution in [3.63, 3.8) is 0 Å². The molecule has 174 valence electrons. The number of nitrogens with one attached hydrogen (secondary N) is 1. The van der Waals surface area contributed by atoms with E-state index in [0.29, 0.717) is 39.1 Å². The van der Waals surface area contributed by atoms with Crippen LogP contribution < -0.4 is 10.3 Å². The molecule has 0 spiro atoms. The number of Topliss-reactive ketones (excluding diaryl/α,β-unsaturated/α-hetero) is 1. The van der Waals surface area contributed by atoms with E-state index in [1.165, 1.54) is 11.3 Å². The summed E-state index contributed by atoms with van der Waals surface area (Å²) >= 11 is 1.21. The molecule has 2 aromatic heterocycles. The fraction of sp³-hybridized carbons (Fsp3) is 0.200. The number of carbonyl (C=O) groups is 2. The summed E-state index contributed by atoms with van der Waals surface area (Å²) in [4.78, 5) is 45.0. The summed E-state index contributed by atoms with van der Waals surface area (Å²) in [5.74, 6) is -0.0891. The molecule has 0 saturated carbocycles. The van der Waals surface area contributed by atoms with Gasteiger partial charge in [0.25, 0.3) is 5.56 Å². The number of aliphatic hydroxyl groups excluding tert-OH is 1. The predicted octanol–water partition coefficient (Wildman–Crippen LogP) is 3.66. The van der Waals surface area contributed by atoms with E-state index in [1.54, 1.807) is 36.8 Å². The van der Waals surface area contributed by atoms with Gasteiger partial charge in [0.1, 0.15) is 17.2 Å². The SMILES string of the molecule is COc1cccc(CCC(=O)c2nc3scc(COC(=O)c4ccc(CO)cc4)c3c(=O)[nH]2)c1. The third-order valence-corrected chi connectivity index (χ3v) is 6.21. The lowest BCUT2D eigenvalue weighted by Gasteiger charge is -2.06. The number of thiophene rings is 1. The van der Waals surface area contributed by atoms with E-state index in [9.17, 15) is 14.4 Å². The maximum absolute atomic E-state index is 12.7. The van der Waals surface area contributed by atoms with E-state index in [4.69, 9.17) is 14.6 Å². The standard InChI is InChI=1S/C25H22N2O6S/c1-32-19-4-2-3-15(11-19)7-10-20(29)22-26-23(30)21-18(14-34-24(21)27-22)13-33-25(31)17-8-5-16(12-28)6-9-17/h2-6,8-9,11,14,28H,7,10,12-13H2,1H3,(H,26,27,30). The Morgan fingerprint density at radius 2 is 1.91 bits per heavy atom. The number of aromatic nitrogens is 2. The number of carbonyl (C=O) groups excluding carboxylic acids is 2. The van der Waals surface area contributed by atoms with Crippen molar-refractivity contribution in [2.45, 2.75) is 26.1 Å². The number of esters is 1. The molecule has 0 fully saturated rings. The Morgan fingerprint density at radius 1 is 1.12 bits per heavy atom. The van der Waals surface area contributed by atoms with Gasteiger partial charge in [0.2, 0.25) is 0 Å². The maximum atomic E-state index is 12.7. The van der Waals surface area contributed by atoms with Gasteiger partial charge in [-0.25, -0.2) is 9.78 Å². The molecule has 4 rings (SSSR count). The third kappa shape index (κ3) is 5.22. The number of aryl methyl sites for hydroxylation is 1. The van der Waals surface area contributed by atoms with E-state index in [0.717, 1.165) is 5.56 Å². The minimum atomic E-state index is -0.544. The Bertz CT molecular complexity index is 1390. The van der Waals surface area contributed by atoms with Gasteiger partial charge in [0.05, 0.1) is 24.7 Å². The van der Waals surface area contributed by atoms with Crippen molar-refractivity contribution in [3.8, 4) is 5.75 Å². The van der Waals surface area contributed by atoms with Gasteiger partial charge >= 0.3 is 5.97 Å². The van der Waals surface area contributed by atoms with Crippen LogP contribution in [0.2, 0.25) is 0 Å². The largest absolute Gasteiger partial charge is 0.497 e. The molecular weight excluding hydrogens is 456 g/mol. The monoisotopic (exact) mass is 478 g/mol.